The molecule has 110 valence electrons. The van der Waals surface area contributed by atoms with Crippen LogP contribution in [0.2, 0.25) is 0 Å². The van der Waals surface area contributed by atoms with Gasteiger partial charge < -0.3 is 15.2 Å². The maximum Gasteiger partial charge on any atom is 0.341 e. The van der Waals surface area contributed by atoms with E-state index in [0.717, 1.165) is 10.6 Å². The number of aryl methyl sites for hydroxylation is 2. The van der Waals surface area contributed by atoms with Crippen LogP contribution in [0, 0.1) is 13.8 Å². The molecule has 0 fully saturated rings. The topological polar surface area (TPSA) is 88.5 Å². The molecule has 2 rings (SSSR count). The number of benzene rings is 1. The van der Waals surface area contributed by atoms with Crippen molar-refractivity contribution in [3.05, 3.63) is 39.8 Å². The van der Waals surface area contributed by atoms with Crippen molar-refractivity contribution < 1.29 is 19.4 Å². The summed E-state index contributed by atoms with van der Waals surface area (Å²) in [7, 11) is 0. The molecular formula is C14H14N2O4S. The van der Waals surface area contributed by atoms with E-state index in [0.29, 0.717) is 17.1 Å². The van der Waals surface area contributed by atoms with Gasteiger partial charge in [-0.3, -0.25) is 4.79 Å². The van der Waals surface area contributed by atoms with Gasteiger partial charge in [-0.15, -0.1) is 11.3 Å². The first kappa shape index (κ1) is 15.0. The van der Waals surface area contributed by atoms with E-state index in [2.05, 4.69) is 10.3 Å². The first-order valence-corrected chi connectivity index (χ1v) is 7.02. The van der Waals surface area contributed by atoms with Crippen molar-refractivity contribution >= 4 is 28.9 Å². The number of nitrogens with zero attached hydrogens (tertiary/aromatic N) is 1. The molecule has 7 heteroatoms. The summed E-state index contributed by atoms with van der Waals surface area (Å²) in [6.07, 6.45) is 0. The molecule has 0 saturated heterocycles. The summed E-state index contributed by atoms with van der Waals surface area (Å²) in [6.45, 7) is 3.24. The summed E-state index contributed by atoms with van der Waals surface area (Å²) >= 11 is 1.41. The number of thiazole rings is 1. The molecule has 2 N–H and O–H groups in total. The Morgan fingerprint density at radius 2 is 2.14 bits per heavy atom. The molecular weight excluding hydrogens is 292 g/mol. The molecule has 0 bridgehead atoms. The smallest absolute Gasteiger partial charge is 0.341 e. The average molecular weight is 306 g/mol. The Bertz CT molecular complexity index is 681. The molecule has 1 aromatic heterocycles. The minimum absolute atomic E-state index is 0.276. The van der Waals surface area contributed by atoms with Gasteiger partial charge in [0.05, 0.1) is 5.01 Å². The Kier molecular flexibility index (Phi) is 4.54. The van der Waals surface area contributed by atoms with Crippen LogP contribution in [0.25, 0.3) is 0 Å². The molecule has 0 atom stereocenters. The summed E-state index contributed by atoms with van der Waals surface area (Å²) in [4.78, 5) is 26.6. The predicted molar refractivity (Wildman–Crippen MR) is 79.1 cm³/mol. The highest BCUT2D eigenvalue weighted by Crippen LogP contribution is 2.22. The number of carbonyl (C=O) groups is 2. The number of aliphatic carboxylic acids is 1. The summed E-state index contributed by atoms with van der Waals surface area (Å²) < 4.78 is 5.07. The fourth-order valence-corrected chi connectivity index (χ4v) is 2.26. The molecule has 0 aliphatic carbocycles. The molecule has 1 heterocycles. The van der Waals surface area contributed by atoms with E-state index in [9.17, 15) is 9.59 Å². The van der Waals surface area contributed by atoms with Gasteiger partial charge in [0, 0.05) is 11.1 Å². The van der Waals surface area contributed by atoms with Gasteiger partial charge in [-0.25, -0.2) is 9.78 Å². The second-order valence-electron chi connectivity index (χ2n) is 4.37. The van der Waals surface area contributed by atoms with E-state index in [1.54, 1.807) is 30.5 Å². The number of rotatable bonds is 5. The number of ether oxygens (including phenoxy) is 1. The molecule has 0 spiro atoms. The van der Waals surface area contributed by atoms with Crippen LogP contribution in [0.4, 0.5) is 5.69 Å². The second kappa shape index (κ2) is 6.36. The zero-order valence-corrected chi connectivity index (χ0v) is 12.4. The van der Waals surface area contributed by atoms with Crippen molar-refractivity contribution in [1.29, 1.82) is 0 Å². The summed E-state index contributed by atoms with van der Waals surface area (Å²) in [5, 5.41) is 13.8. The fraction of sp³-hybridized carbons (Fsp3) is 0.214. The summed E-state index contributed by atoms with van der Waals surface area (Å²) in [5.74, 6) is -0.872. The van der Waals surface area contributed by atoms with Crippen LogP contribution in [0.15, 0.2) is 23.6 Å². The number of carboxylic acid groups (broad SMARTS) is 1. The molecule has 0 aliphatic rings. The lowest BCUT2D eigenvalue weighted by Gasteiger charge is -2.09. The van der Waals surface area contributed by atoms with Crippen LogP contribution in [-0.2, 0) is 4.79 Å². The van der Waals surface area contributed by atoms with Crippen molar-refractivity contribution in [2.45, 2.75) is 13.8 Å². The first-order chi connectivity index (χ1) is 9.95. The van der Waals surface area contributed by atoms with Crippen LogP contribution >= 0.6 is 11.3 Å². The number of aromatic nitrogens is 1. The van der Waals surface area contributed by atoms with E-state index in [-0.39, 0.29) is 5.91 Å². The fourth-order valence-electron chi connectivity index (χ4n) is 1.67. The van der Waals surface area contributed by atoms with E-state index < -0.39 is 12.6 Å². The zero-order chi connectivity index (χ0) is 15.4. The standard InChI is InChI=1S/C14H14N2O4S/c1-8-5-10(20-6-13(17)18)3-4-11(8)16-14(19)12-7-21-9(2)15-12/h3-5,7H,6H2,1-2H3,(H,16,19)(H,17,18). The molecule has 1 amide bonds. The van der Waals surface area contributed by atoms with Gasteiger partial charge in [-0.2, -0.15) is 0 Å². The molecule has 0 aliphatic heterocycles. The number of amides is 1. The molecule has 6 nitrogen and oxygen atoms in total. The summed E-state index contributed by atoms with van der Waals surface area (Å²) in [6, 6.07) is 4.95. The maximum absolute atomic E-state index is 12.0. The van der Waals surface area contributed by atoms with Crippen molar-refractivity contribution in [3.8, 4) is 5.75 Å². The highest BCUT2D eigenvalue weighted by Gasteiger charge is 2.11. The maximum atomic E-state index is 12.0. The van der Waals surface area contributed by atoms with Gasteiger partial charge in [-0.05, 0) is 37.6 Å². The van der Waals surface area contributed by atoms with E-state index in [1.165, 1.54) is 11.3 Å². The third-order valence-corrected chi connectivity index (χ3v) is 3.43. The third-order valence-electron chi connectivity index (χ3n) is 2.66. The van der Waals surface area contributed by atoms with Crippen molar-refractivity contribution in [2.24, 2.45) is 0 Å². The van der Waals surface area contributed by atoms with Crippen molar-refractivity contribution in [1.82, 2.24) is 4.98 Å². The Morgan fingerprint density at radius 1 is 1.38 bits per heavy atom. The zero-order valence-electron chi connectivity index (χ0n) is 11.5. The molecule has 1 aromatic carbocycles. The van der Waals surface area contributed by atoms with Gasteiger partial charge in [0.15, 0.2) is 6.61 Å². The predicted octanol–water partition coefficient (Wildman–Crippen LogP) is 2.48. The van der Waals surface area contributed by atoms with Gasteiger partial charge in [0.2, 0.25) is 0 Å². The largest absolute Gasteiger partial charge is 0.482 e. The lowest BCUT2D eigenvalue weighted by molar-refractivity contribution is -0.139. The third kappa shape index (κ3) is 4.03. The first-order valence-electron chi connectivity index (χ1n) is 6.14. The Labute approximate surface area is 125 Å². The molecule has 0 unspecified atom stereocenters. The quantitative estimate of drug-likeness (QED) is 0.886. The number of carboxylic acids is 1. The number of hydrogen-bond acceptors (Lipinski definition) is 5. The lowest BCUT2D eigenvalue weighted by Crippen LogP contribution is -2.13. The Morgan fingerprint density at radius 3 is 2.71 bits per heavy atom. The SMILES string of the molecule is Cc1nc(C(=O)Nc2ccc(OCC(=O)O)cc2C)cs1. The van der Waals surface area contributed by atoms with E-state index in [4.69, 9.17) is 9.84 Å². The van der Waals surface area contributed by atoms with Crippen LogP contribution in [0.5, 0.6) is 5.75 Å². The monoisotopic (exact) mass is 306 g/mol. The lowest BCUT2D eigenvalue weighted by atomic mass is 10.2. The minimum Gasteiger partial charge on any atom is -0.482 e. The van der Waals surface area contributed by atoms with Crippen LogP contribution in [-0.4, -0.2) is 28.6 Å². The molecule has 0 radical (unpaired) electrons. The average Bonchev–Trinajstić information content (AvgIpc) is 2.86. The van der Waals surface area contributed by atoms with Gasteiger partial charge >= 0.3 is 5.97 Å². The molecule has 21 heavy (non-hydrogen) atoms. The van der Waals surface area contributed by atoms with Gasteiger partial charge in [-0.1, -0.05) is 0 Å². The van der Waals surface area contributed by atoms with E-state index in [1.807, 2.05) is 6.92 Å². The second-order valence-corrected chi connectivity index (χ2v) is 5.43. The Hall–Kier alpha value is -2.41. The number of carbonyl (C=O) groups excluding carboxylic acids is 1. The van der Waals surface area contributed by atoms with Crippen LogP contribution < -0.4 is 10.1 Å². The Balaban J connectivity index is 2.07. The number of hydrogen-bond donors (Lipinski definition) is 2. The normalized spacial score (nSPS) is 10.2. The van der Waals surface area contributed by atoms with Crippen LogP contribution in [0.3, 0.4) is 0 Å². The van der Waals surface area contributed by atoms with Crippen molar-refractivity contribution in [2.75, 3.05) is 11.9 Å². The number of nitrogens with one attached hydrogen (secondary N) is 1. The van der Waals surface area contributed by atoms with Crippen LogP contribution in [0.1, 0.15) is 21.1 Å². The molecule has 2 aromatic rings. The molecule has 0 saturated carbocycles. The van der Waals surface area contributed by atoms with E-state index >= 15 is 0 Å². The highest BCUT2D eigenvalue weighted by atomic mass is 32.1. The summed E-state index contributed by atoms with van der Waals surface area (Å²) in [5.41, 5.74) is 1.79. The minimum atomic E-state index is -1.04. The highest BCUT2D eigenvalue weighted by molar-refractivity contribution is 7.09. The van der Waals surface area contributed by atoms with Gasteiger partial charge in [0.25, 0.3) is 5.91 Å². The van der Waals surface area contributed by atoms with Crippen molar-refractivity contribution in [3.63, 3.8) is 0 Å². The number of anilines is 1. The van der Waals surface area contributed by atoms with Gasteiger partial charge in [0.1, 0.15) is 11.4 Å².